The predicted molar refractivity (Wildman–Crippen MR) is 103 cm³/mol. The van der Waals surface area contributed by atoms with Crippen LogP contribution in [0, 0.1) is 5.92 Å². The minimum absolute atomic E-state index is 0.0867. The summed E-state index contributed by atoms with van der Waals surface area (Å²) in [7, 11) is 0. The number of nitrogens with zero attached hydrogens (tertiary/aromatic N) is 3. The fraction of sp³-hybridized carbons (Fsp3) is 0.500. The maximum atomic E-state index is 12.6. The highest BCUT2D eigenvalue weighted by molar-refractivity contribution is 7.16. The SMILES string of the molecule is CC1(C)CC(CNc2nc(NCc3cc(C(F)F)no3)nc3sccc23)CO1. The van der Waals surface area contributed by atoms with Gasteiger partial charge in [-0.2, -0.15) is 4.98 Å². The number of anilines is 2. The third-order valence-electron chi connectivity index (χ3n) is 4.59. The molecule has 0 bridgehead atoms. The molecule has 2 N–H and O–H groups in total. The van der Waals surface area contributed by atoms with E-state index in [-0.39, 0.29) is 17.8 Å². The van der Waals surface area contributed by atoms with E-state index in [4.69, 9.17) is 9.26 Å². The molecule has 3 aromatic heterocycles. The summed E-state index contributed by atoms with van der Waals surface area (Å²) in [6, 6.07) is 3.20. The summed E-state index contributed by atoms with van der Waals surface area (Å²) in [5.74, 6) is 1.85. The Hall–Kier alpha value is -2.33. The molecule has 4 heterocycles. The van der Waals surface area contributed by atoms with Crippen molar-refractivity contribution in [2.24, 2.45) is 5.92 Å². The van der Waals surface area contributed by atoms with Gasteiger partial charge < -0.3 is 19.9 Å². The van der Waals surface area contributed by atoms with E-state index in [1.165, 1.54) is 17.4 Å². The first-order chi connectivity index (χ1) is 13.4. The van der Waals surface area contributed by atoms with Crippen LogP contribution < -0.4 is 10.6 Å². The summed E-state index contributed by atoms with van der Waals surface area (Å²) >= 11 is 1.51. The molecule has 0 saturated carbocycles. The molecule has 28 heavy (non-hydrogen) atoms. The second-order valence-corrected chi connectivity index (χ2v) is 8.32. The van der Waals surface area contributed by atoms with E-state index in [9.17, 15) is 8.78 Å². The van der Waals surface area contributed by atoms with Gasteiger partial charge in [0.05, 0.1) is 24.1 Å². The first kappa shape index (κ1) is 19.0. The lowest BCUT2D eigenvalue weighted by molar-refractivity contribution is 0.0352. The normalized spacial score (nSPS) is 18.8. The van der Waals surface area contributed by atoms with Crippen molar-refractivity contribution in [2.75, 3.05) is 23.8 Å². The zero-order valence-corrected chi connectivity index (χ0v) is 16.4. The average molecular weight is 409 g/mol. The Bertz CT molecular complexity index is 959. The number of ether oxygens (including phenoxy) is 1. The summed E-state index contributed by atoms with van der Waals surface area (Å²) in [5, 5.41) is 12.7. The quantitative estimate of drug-likeness (QED) is 0.596. The van der Waals surface area contributed by atoms with Crippen molar-refractivity contribution < 1.29 is 18.0 Å². The van der Waals surface area contributed by atoms with E-state index in [1.54, 1.807) is 0 Å². The van der Waals surface area contributed by atoms with Crippen LogP contribution in [-0.4, -0.2) is 33.9 Å². The minimum atomic E-state index is -2.66. The number of aromatic nitrogens is 3. The van der Waals surface area contributed by atoms with Crippen molar-refractivity contribution in [2.45, 2.75) is 38.8 Å². The van der Waals surface area contributed by atoms with Gasteiger partial charge in [-0.15, -0.1) is 11.3 Å². The summed E-state index contributed by atoms with van der Waals surface area (Å²) in [5.41, 5.74) is -0.466. The van der Waals surface area contributed by atoms with Crippen LogP contribution >= 0.6 is 11.3 Å². The monoisotopic (exact) mass is 409 g/mol. The zero-order chi connectivity index (χ0) is 19.7. The molecule has 1 unspecified atom stereocenters. The maximum absolute atomic E-state index is 12.6. The van der Waals surface area contributed by atoms with Crippen molar-refractivity contribution in [3.05, 3.63) is 29.0 Å². The molecule has 0 aromatic carbocycles. The van der Waals surface area contributed by atoms with Crippen molar-refractivity contribution >= 4 is 33.3 Å². The fourth-order valence-electron chi connectivity index (χ4n) is 3.28. The molecule has 7 nitrogen and oxygen atoms in total. The van der Waals surface area contributed by atoms with Gasteiger partial charge in [0, 0.05) is 18.5 Å². The Morgan fingerprint density at radius 2 is 2.18 bits per heavy atom. The second-order valence-electron chi connectivity index (χ2n) is 7.43. The highest BCUT2D eigenvalue weighted by Crippen LogP contribution is 2.31. The van der Waals surface area contributed by atoms with Crippen molar-refractivity contribution in [3.63, 3.8) is 0 Å². The molecule has 1 aliphatic heterocycles. The third-order valence-corrected chi connectivity index (χ3v) is 5.40. The van der Waals surface area contributed by atoms with E-state index >= 15 is 0 Å². The van der Waals surface area contributed by atoms with E-state index in [0.29, 0.717) is 17.6 Å². The number of thiophene rings is 1. The van der Waals surface area contributed by atoms with Crippen LogP contribution in [0.2, 0.25) is 0 Å². The lowest BCUT2D eigenvalue weighted by Gasteiger charge is -2.16. The molecule has 150 valence electrons. The Morgan fingerprint density at radius 1 is 1.32 bits per heavy atom. The highest BCUT2D eigenvalue weighted by Gasteiger charge is 2.31. The molecule has 0 aliphatic carbocycles. The van der Waals surface area contributed by atoms with Gasteiger partial charge in [0.15, 0.2) is 5.76 Å². The number of hydrogen-bond acceptors (Lipinski definition) is 8. The van der Waals surface area contributed by atoms with Crippen molar-refractivity contribution in [1.29, 1.82) is 0 Å². The van der Waals surface area contributed by atoms with Crippen molar-refractivity contribution in [1.82, 2.24) is 15.1 Å². The lowest BCUT2D eigenvalue weighted by atomic mass is 9.98. The fourth-order valence-corrected chi connectivity index (χ4v) is 4.04. The molecule has 0 amide bonds. The maximum Gasteiger partial charge on any atom is 0.283 e. The van der Waals surface area contributed by atoms with Gasteiger partial charge in [-0.25, -0.2) is 13.8 Å². The van der Waals surface area contributed by atoms with Crippen LogP contribution in [0.1, 0.15) is 38.1 Å². The molecule has 1 aliphatic rings. The van der Waals surface area contributed by atoms with Crippen molar-refractivity contribution in [3.8, 4) is 0 Å². The van der Waals surface area contributed by atoms with Crippen LogP contribution in [-0.2, 0) is 11.3 Å². The molecular formula is C18H21F2N5O2S. The van der Waals surface area contributed by atoms with Crippen LogP contribution in [0.4, 0.5) is 20.5 Å². The Balaban J connectivity index is 1.45. The summed E-state index contributed by atoms with van der Waals surface area (Å²) < 4.78 is 35.9. The standard InChI is InChI=1S/C18H21F2N5O2S/c1-18(2)6-10(9-26-18)7-21-15-12-3-4-28-16(12)24-17(23-15)22-8-11-5-13(14(19)20)25-27-11/h3-5,10,14H,6-9H2,1-2H3,(H2,21,22,23,24). The summed E-state index contributed by atoms with van der Waals surface area (Å²) in [4.78, 5) is 9.87. The topological polar surface area (TPSA) is 85.1 Å². The minimum Gasteiger partial charge on any atom is -0.375 e. The number of rotatable bonds is 7. The smallest absolute Gasteiger partial charge is 0.283 e. The van der Waals surface area contributed by atoms with Gasteiger partial charge in [-0.3, -0.25) is 0 Å². The van der Waals surface area contributed by atoms with E-state index in [2.05, 4.69) is 39.6 Å². The Kier molecular flexibility index (Phi) is 5.15. The van der Waals surface area contributed by atoms with E-state index in [0.717, 1.165) is 35.6 Å². The van der Waals surface area contributed by atoms with Gasteiger partial charge in [-0.05, 0) is 31.7 Å². The molecule has 1 saturated heterocycles. The molecular weight excluding hydrogens is 388 g/mol. The highest BCUT2D eigenvalue weighted by atomic mass is 32.1. The first-order valence-electron chi connectivity index (χ1n) is 9.00. The largest absolute Gasteiger partial charge is 0.375 e. The zero-order valence-electron chi connectivity index (χ0n) is 15.5. The molecule has 1 fully saturated rings. The third kappa shape index (κ3) is 4.22. The van der Waals surface area contributed by atoms with E-state index in [1.807, 2.05) is 11.4 Å². The molecule has 10 heteroatoms. The van der Waals surface area contributed by atoms with Gasteiger partial charge in [0.2, 0.25) is 5.95 Å². The van der Waals surface area contributed by atoms with Crippen LogP contribution in [0.15, 0.2) is 22.0 Å². The number of hydrogen-bond donors (Lipinski definition) is 2. The van der Waals surface area contributed by atoms with Gasteiger partial charge in [0.25, 0.3) is 6.43 Å². The summed E-state index contributed by atoms with van der Waals surface area (Å²) in [6.45, 7) is 5.84. The second kappa shape index (κ2) is 7.59. The van der Waals surface area contributed by atoms with Gasteiger partial charge in [-0.1, -0.05) is 5.16 Å². The molecule has 0 spiro atoms. The molecule has 1 atom stereocenters. The predicted octanol–water partition coefficient (Wildman–Crippen LogP) is 4.46. The van der Waals surface area contributed by atoms with Gasteiger partial charge >= 0.3 is 0 Å². The molecule has 0 radical (unpaired) electrons. The van der Waals surface area contributed by atoms with Crippen LogP contribution in [0.25, 0.3) is 10.2 Å². The number of nitrogens with one attached hydrogen (secondary N) is 2. The number of fused-ring (bicyclic) bond motifs is 1. The Labute approximate surface area is 164 Å². The van der Waals surface area contributed by atoms with Crippen LogP contribution in [0.5, 0.6) is 0 Å². The average Bonchev–Trinajstić information content (AvgIpc) is 3.37. The molecule has 3 aromatic rings. The number of alkyl halides is 2. The molecule has 4 rings (SSSR count). The summed E-state index contributed by atoms with van der Waals surface area (Å²) in [6.07, 6.45) is -1.67. The van der Waals surface area contributed by atoms with Crippen LogP contribution in [0.3, 0.4) is 0 Å². The van der Waals surface area contributed by atoms with E-state index < -0.39 is 6.43 Å². The Morgan fingerprint density at radius 3 is 2.89 bits per heavy atom. The lowest BCUT2D eigenvalue weighted by Crippen LogP contribution is -2.19. The van der Waals surface area contributed by atoms with Gasteiger partial charge in [0.1, 0.15) is 16.3 Å². The first-order valence-corrected chi connectivity index (χ1v) is 9.88. The number of halogens is 2.